The summed E-state index contributed by atoms with van der Waals surface area (Å²) in [6.45, 7) is 2.52. The molecule has 160 valence electrons. The lowest BCUT2D eigenvalue weighted by Gasteiger charge is -2.29. The van der Waals surface area contributed by atoms with Crippen molar-refractivity contribution in [2.45, 2.75) is 57.9 Å². The first-order chi connectivity index (χ1) is 13.0. The van der Waals surface area contributed by atoms with Crippen LogP contribution in [0.5, 0.6) is 0 Å². The Morgan fingerprint density at radius 3 is 2.21 bits per heavy atom. The fraction of sp³-hybridized carbons (Fsp3) is 0.650. The predicted molar refractivity (Wildman–Crippen MR) is 111 cm³/mol. The van der Waals surface area contributed by atoms with E-state index in [9.17, 15) is 18.3 Å². The molecular formula is C20H35N3O4S. The van der Waals surface area contributed by atoms with E-state index in [-0.39, 0.29) is 6.42 Å². The summed E-state index contributed by atoms with van der Waals surface area (Å²) in [6.07, 6.45) is 6.67. The quantitative estimate of drug-likeness (QED) is 0.358. The van der Waals surface area contributed by atoms with Crippen molar-refractivity contribution in [1.82, 2.24) is 4.72 Å². The number of benzene rings is 1. The van der Waals surface area contributed by atoms with Crippen LogP contribution in [0.25, 0.3) is 0 Å². The highest BCUT2D eigenvalue weighted by Crippen LogP contribution is 2.14. The first kappa shape index (κ1) is 24.4. The van der Waals surface area contributed by atoms with Gasteiger partial charge in [-0.05, 0) is 30.5 Å². The second kappa shape index (κ2) is 11.4. The van der Waals surface area contributed by atoms with Crippen LogP contribution in [0.15, 0.2) is 24.3 Å². The Labute approximate surface area is 169 Å². The van der Waals surface area contributed by atoms with Gasteiger partial charge in [0.2, 0.25) is 0 Å². The molecule has 28 heavy (non-hydrogen) atoms. The van der Waals surface area contributed by atoms with Gasteiger partial charge in [-0.1, -0.05) is 44.7 Å². The third-order valence-electron chi connectivity index (χ3n) is 4.28. The molecule has 0 aliphatic rings. The highest BCUT2D eigenvalue weighted by molar-refractivity contribution is 7.90. The molecule has 0 fully saturated rings. The number of carbonyl (C=O) groups is 1. The van der Waals surface area contributed by atoms with Gasteiger partial charge in [-0.15, -0.1) is 0 Å². The zero-order valence-electron chi connectivity index (χ0n) is 17.5. The normalized spacial score (nSPS) is 13.3. The van der Waals surface area contributed by atoms with E-state index < -0.39 is 22.2 Å². The minimum Gasteiger partial charge on any atom is -0.550 e. The van der Waals surface area contributed by atoms with Gasteiger partial charge in [-0.25, -0.2) is 0 Å². The molecule has 1 unspecified atom stereocenters. The third-order valence-corrected chi connectivity index (χ3v) is 5.43. The van der Waals surface area contributed by atoms with Gasteiger partial charge in [0.25, 0.3) is 10.2 Å². The van der Waals surface area contributed by atoms with Crippen LogP contribution in [-0.4, -0.2) is 52.6 Å². The fourth-order valence-corrected chi connectivity index (χ4v) is 4.18. The molecule has 0 aromatic heterocycles. The zero-order chi connectivity index (χ0) is 21.2. The number of carbonyl (C=O) groups excluding carboxylic acids is 1. The zero-order valence-corrected chi connectivity index (χ0v) is 18.3. The Hall–Kier alpha value is -1.64. The van der Waals surface area contributed by atoms with E-state index in [1.54, 1.807) is 12.1 Å². The second-order valence-electron chi connectivity index (χ2n) is 8.33. The lowest BCUT2D eigenvalue weighted by molar-refractivity contribution is -0.871. The lowest BCUT2D eigenvalue weighted by Crippen LogP contribution is -2.51. The highest BCUT2D eigenvalue weighted by atomic mass is 32.2. The number of carboxylic acids is 1. The van der Waals surface area contributed by atoms with Gasteiger partial charge in [0, 0.05) is 18.1 Å². The summed E-state index contributed by atoms with van der Waals surface area (Å²) in [5.74, 6) is -1.29. The molecule has 0 radical (unpaired) electrons. The molecule has 7 nitrogen and oxygen atoms in total. The maximum absolute atomic E-state index is 12.4. The van der Waals surface area contributed by atoms with Crippen LogP contribution in [0.4, 0.5) is 5.69 Å². The molecule has 0 saturated heterocycles. The summed E-state index contributed by atoms with van der Waals surface area (Å²) < 4.78 is 30.1. The van der Waals surface area contributed by atoms with Gasteiger partial charge < -0.3 is 14.4 Å². The molecule has 0 spiro atoms. The molecule has 0 heterocycles. The van der Waals surface area contributed by atoms with Crippen LogP contribution >= 0.6 is 0 Å². The van der Waals surface area contributed by atoms with Crippen molar-refractivity contribution in [3.05, 3.63) is 29.8 Å². The number of likely N-dealkylation sites (N-methyl/N-ethyl adjacent to an activating group) is 1. The summed E-state index contributed by atoms with van der Waals surface area (Å²) in [5.41, 5.74) is 1.62. The highest BCUT2D eigenvalue weighted by Gasteiger charge is 2.23. The van der Waals surface area contributed by atoms with Crippen molar-refractivity contribution < 1.29 is 22.8 Å². The lowest BCUT2D eigenvalue weighted by atomic mass is 10.1. The number of unbranched alkanes of at least 4 members (excludes halogenated alkanes) is 4. The van der Waals surface area contributed by atoms with Gasteiger partial charge in [0.15, 0.2) is 0 Å². The van der Waals surface area contributed by atoms with Gasteiger partial charge in [-0.3, -0.25) is 4.72 Å². The molecule has 1 aromatic carbocycles. The molecule has 8 heteroatoms. The number of rotatable bonds is 14. The maximum atomic E-state index is 12.4. The Balaban J connectivity index is 2.62. The summed E-state index contributed by atoms with van der Waals surface area (Å²) in [5, 5.41) is 10.9. The minimum atomic E-state index is -3.89. The SMILES string of the molecule is CCCCCCCc1ccc(NS(=O)(=O)NC(CC(=O)[O-])C[N+](C)(C)C)cc1. The van der Waals surface area contributed by atoms with Gasteiger partial charge >= 0.3 is 0 Å². The van der Waals surface area contributed by atoms with Crippen LogP contribution < -0.4 is 14.6 Å². The Morgan fingerprint density at radius 1 is 1.07 bits per heavy atom. The van der Waals surface area contributed by atoms with Crippen LogP contribution in [-0.2, 0) is 21.4 Å². The first-order valence-electron chi connectivity index (χ1n) is 9.90. The monoisotopic (exact) mass is 413 g/mol. The van der Waals surface area contributed by atoms with Crippen molar-refractivity contribution in [2.75, 3.05) is 32.4 Å². The third kappa shape index (κ3) is 11.3. The number of anilines is 1. The van der Waals surface area contributed by atoms with E-state index in [1.165, 1.54) is 31.2 Å². The molecular weight excluding hydrogens is 378 g/mol. The molecule has 0 saturated carbocycles. The Morgan fingerprint density at radius 2 is 1.68 bits per heavy atom. The summed E-state index contributed by atoms with van der Waals surface area (Å²) in [6, 6.07) is 6.54. The van der Waals surface area contributed by atoms with Crippen LogP contribution in [0.2, 0.25) is 0 Å². The minimum absolute atomic E-state index is 0.325. The Kier molecular flexibility index (Phi) is 9.92. The summed E-state index contributed by atoms with van der Waals surface area (Å²) in [4.78, 5) is 10.9. The molecule has 0 aliphatic carbocycles. The number of aliphatic carboxylic acids is 1. The van der Waals surface area contributed by atoms with Crippen molar-refractivity contribution >= 4 is 21.9 Å². The number of nitrogens with one attached hydrogen (secondary N) is 2. The fourth-order valence-electron chi connectivity index (χ4n) is 3.08. The molecule has 0 aliphatic heterocycles. The first-order valence-corrected chi connectivity index (χ1v) is 11.4. The number of hydrogen-bond donors (Lipinski definition) is 2. The second-order valence-corrected chi connectivity index (χ2v) is 9.78. The number of carboxylic acid groups (broad SMARTS) is 1. The van der Waals surface area contributed by atoms with E-state index in [1.807, 2.05) is 33.3 Å². The van der Waals surface area contributed by atoms with Crippen LogP contribution in [0.1, 0.15) is 51.0 Å². The van der Waals surface area contributed by atoms with Gasteiger partial charge in [0.05, 0.1) is 33.7 Å². The molecule has 2 N–H and O–H groups in total. The van der Waals surface area contributed by atoms with Crippen molar-refractivity contribution in [3.8, 4) is 0 Å². The van der Waals surface area contributed by atoms with E-state index in [0.29, 0.717) is 16.7 Å². The van der Waals surface area contributed by atoms with Crippen molar-refractivity contribution in [2.24, 2.45) is 0 Å². The van der Waals surface area contributed by atoms with Crippen molar-refractivity contribution in [3.63, 3.8) is 0 Å². The smallest absolute Gasteiger partial charge is 0.299 e. The summed E-state index contributed by atoms with van der Waals surface area (Å²) >= 11 is 0. The number of nitrogens with zero attached hydrogens (tertiary/aromatic N) is 1. The molecule has 1 aromatic rings. The van der Waals surface area contributed by atoms with Crippen LogP contribution in [0.3, 0.4) is 0 Å². The topological polar surface area (TPSA) is 98.3 Å². The molecule has 1 atom stereocenters. The number of aryl methyl sites for hydroxylation is 1. The number of quaternary nitrogens is 1. The van der Waals surface area contributed by atoms with Crippen LogP contribution in [0, 0.1) is 0 Å². The average Bonchev–Trinajstić information content (AvgIpc) is 2.53. The molecule has 0 bridgehead atoms. The average molecular weight is 414 g/mol. The largest absolute Gasteiger partial charge is 0.550 e. The molecule has 0 amide bonds. The number of hydrogen-bond acceptors (Lipinski definition) is 4. The van der Waals surface area contributed by atoms with Gasteiger partial charge in [-0.2, -0.15) is 13.1 Å². The van der Waals surface area contributed by atoms with Gasteiger partial charge in [0.1, 0.15) is 0 Å². The molecule has 1 rings (SSSR count). The van der Waals surface area contributed by atoms with E-state index in [0.717, 1.165) is 12.8 Å². The van der Waals surface area contributed by atoms with E-state index in [2.05, 4.69) is 16.4 Å². The summed E-state index contributed by atoms with van der Waals surface area (Å²) in [7, 11) is 1.71. The van der Waals surface area contributed by atoms with E-state index >= 15 is 0 Å². The van der Waals surface area contributed by atoms with E-state index in [4.69, 9.17) is 0 Å². The standard InChI is InChI=1S/C20H35N3O4S/c1-5-6-7-8-9-10-17-11-13-18(14-12-17)21-28(26,27)22-19(15-20(24)25)16-23(2,3)4/h11-14,19,21-22H,5-10,15-16H2,1-4H3. The van der Waals surface area contributed by atoms with Crippen molar-refractivity contribution in [1.29, 1.82) is 0 Å². The Bertz CT molecular complexity index is 697. The predicted octanol–water partition coefficient (Wildman–Crippen LogP) is 1.66. The maximum Gasteiger partial charge on any atom is 0.299 e.